The Morgan fingerprint density at radius 1 is 1.19 bits per heavy atom. The molecule has 0 radical (unpaired) electrons. The zero-order valence-corrected chi connectivity index (χ0v) is 21.8. The number of hydrogen-bond donors (Lipinski definition) is 2. The van der Waals surface area contributed by atoms with Gasteiger partial charge in [-0.1, -0.05) is 6.92 Å². The summed E-state index contributed by atoms with van der Waals surface area (Å²) >= 11 is 0. The van der Waals surface area contributed by atoms with Crippen molar-refractivity contribution in [2.75, 3.05) is 58.9 Å². The van der Waals surface area contributed by atoms with Crippen LogP contribution in [0.4, 0.5) is 5.69 Å². The molecule has 3 heterocycles. The normalized spacial score (nSPS) is 15.1. The first-order chi connectivity index (χ1) is 17.1. The summed E-state index contributed by atoms with van der Waals surface area (Å²) in [7, 11) is -0.419. The monoisotopic (exact) mass is 523 g/mol. The number of hydrogen-bond acceptors (Lipinski definition) is 9. The number of carbonyl (C=O) groups is 2. The quantitative estimate of drug-likeness (QED) is 0.418. The molecule has 36 heavy (non-hydrogen) atoms. The second kappa shape index (κ2) is 11.8. The van der Waals surface area contributed by atoms with E-state index in [0.717, 1.165) is 0 Å². The van der Waals surface area contributed by atoms with Crippen molar-refractivity contribution in [3.63, 3.8) is 0 Å². The van der Waals surface area contributed by atoms with Gasteiger partial charge in [0.2, 0.25) is 15.9 Å². The lowest BCUT2D eigenvalue weighted by Crippen LogP contribution is -2.47. The first-order valence-corrected chi connectivity index (χ1v) is 13.1. The summed E-state index contributed by atoms with van der Waals surface area (Å²) in [6, 6.07) is 1.24. The number of nitrogens with one attached hydrogen (secondary N) is 1. The molecule has 1 aliphatic rings. The first kappa shape index (κ1) is 27.5. The minimum absolute atomic E-state index is 0.0298. The van der Waals surface area contributed by atoms with Crippen molar-refractivity contribution in [1.29, 1.82) is 0 Å². The standard InChI is InChI=1S/C22H33N7O6S/c1-5-17-18(19(20(23)30)26-29(17)11-12-34-4)25-21(31)16-13-15(14-24-22(16)35-6-2)36(32,33)28-9-7-27(3)8-10-28/h13-14H,5-12H2,1-4H3,(H2,23,30)(H,25,31). The third-order valence-electron chi connectivity index (χ3n) is 5.82. The van der Waals surface area contributed by atoms with Crippen molar-refractivity contribution < 1.29 is 27.5 Å². The smallest absolute Gasteiger partial charge is 0.271 e. The van der Waals surface area contributed by atoms with Crippen LogP contribution < -0.4 is 15.8 Å². The average molecular weight is 524 g/mol. The van der Waals surface area contributed by atoms with Crippen LogP contribution in [0.2, 0.25) is 0 Å². The van der Waals surface area contributed by atoms with Gasteiger partial charge >= 0.3 is 0 Å². The van der Waals surface area contributed by atoms with Gasteiger partial charge in [0, 0.05) is 33.3 Å². The van der Waals surface area contributed by atoms with E-state index < -0.39 is 21.8 Å². The Kier molecular flexibility index (Phi) is 9.00. The largest absolute Gasteiger partial charge is 0.477 e. The highest BCUT2D eigenvalue weighted by atomic mass is 32.2. The highest BCUT2D eigenvalue weighted by Crippen LogP contribution is 2.27. The van der Waals surface area contributed by atoms with Crippen LogP contribution in [-0.4, -0.2) is 97.8 Å². The predicted octanol–water partition coefficient (Wildman–Crippen LogP) is 0.173. The number of aromatic nitrogens is 3. The summed E-state index contributed by atoms with van der Waals surface area (Å²) < 4.78 is 40.0. The van der Waals surface area contributed by atoms with E-state index in [4.69, 9.17) is 15.2 Å². The molecule has 14 heteroatoms. The van der Waals surface area contributed by atoms with Crippen LogP contribution in [0, 0.1) is 0 Å². The molecule has 0 spiro atoms. The van der Waals surface area contributed by atoms with Crippen molar-refractivity contribution in [2.24, 2.45) is 5.73 Å². The van der Waals surface area contributed by atoms with Crippen LogP contribution in [0.3, 0.4) is 0 Å². The average Bonchev–Trinajstić information content (AvgIpc) is 3.20. The molecule has 2 aromatic heterocycles. The molecule has 198 valence electrons. The Balaban J connectivity index is 2.00. The number of nitrogens with two attached hydrogens (primary N) is 1. The number of methoxy groups -OCH3 is 1. The summed E-state index contributed by atoms with van der Waals surface area (Å²) in [5.74, 6) is -1.55. The van der Waals surface area contributed by atoms with Gasteiger partial charge in [0.25, 0.3) is 11.8 Å². The van der Waals surface area contributed by atoms with E-state index in [-0.39, 0.29) is 34.3 Å². The molecule has 1 saturated heterocycles. The molecule has 0 unspecified atom stereocenters. The van der Waals surface area contributed by atoms with E-state index in [0.29, 0.717) is 51.4 Å². The second-order valence-electron chi connectivity index (χ2n) is 8.22. The van der Waals surface area contributed by atoms with E-state index in [2.05, 4.69) is 15.4 Å². The number of nitrogens with zero attached hydrogens (tertiary/aromatic N) is 5. The molecule has 0 aliphatic carbocycles. The molecule has 0 aromatic carbocycles. The Labute approximate surface area is 210 Å². The number of rotatable bonds is 11. The van der Waals surface area contributed by atoms with Crippen molar-refractivity contribution in [3.05, 3.63) is 29.2 Å². The fourth-order valence-electron chi connectivity index (χ4n) is 3.87. The summed E-state index contributed by atoms with van der Waals surface area (Å²) in [6.45, 7) is 6.31. The van der Waals surface area contributed by atoms with Gasteiger partial charge in [-0.05, 0) is 26.5 Å². The molecular weight excluding hydrogens is 490 g/mol. The zero-order valence-electron chi connectivity index (χ0n) is 21.0. The lowest BCUT2D eigenvalue weighted by atomic mass is 10.2. The van der Waals surface area contributed by atoms with Crippen LogP contribution in [0.5, 0.6) is 5.88 Å². The number of likely N-dealkylation sites (N-methyl/N-ethyl adjacent to an activating group) is 1. The van der Waals surface area contributed by atoms with Gasteiger partial charge in [-0.3, -0.25) is 14.3 Å². The predicted molar refractivity (Wildman–Crippen MR) is 132 cm³/mol. The highest BCUT2D eigenvalue weighted by molar-refractivity contribution is 7.89. The summed E-state index contributed by atoms with van der Waals surface area (Å²) in [6.07, 6.45) is 1.62. The van der Waals surface area contributed by atoms with Gasteiger partial charge in [-0.15, -0.1) is 0 Å². The molecule has 13 nitrogen and oxygen atoms in total. The van der Waals surface area contributed by atoms with Crippen LogP contribution in [0.15, 0.2) is 17.2 Å². The second-order valence-corrected chi connectivity index (χ2v) is 10.2. The van der Waals surface area contributed by atoms with Gasteiger partial charge in [0.1, 0.15) is 10.5 Å². The van der Waals surface area contributed by atoms with Gasteiger partial charge in [-0.25, -0.2) is 13.4 Å². The molecule has 2 amide bonds. The van der Waals surface area contributed by atoms with E-state index in [1.54, 1.807) is 11.6 Å². The molecule has 3 rings (SSSR count). The molecule has 1 fully saturated rings. The summed E-state index contributed by atoms with van der Waals surface area (Å²) in [4.78, 5) is 31.5. The van der Waals surface area contributed by atoms with Crippen LogP contribution >= 0.6 is 0 Å². The maximum Gasteiger partial charge on any atom is 0.271 e. The minimum Gasteiger partial charge on any atom is -0.477 e. The molecule has 1 aliphatic heterocycles. The fraction of sp³-hybridized carbons (Fsp3) is 0.545. The molecule has 2 aromatic rings. The molecule has 0 bridgehead atoms. The first-order valence-electron chi connectivity index (χ1n) is 11.6. The van der Waals surface area contributed by atoms with Crippen molar-refractivity contribution in [3.8, 4) is 5.88 Å². The maximum absolute atomic E-state index is 13.4. The van der Waals surface area contributed by atoms with Crippen molar-refractivity contribution in [2.45, 2.75) is 31.7 Å². The van der Waals surface area contributed by atoms with Gasteiger partial charge in [0.15, 0.2) is 5.69 Å². The van der Waals surface area contributed by atoms with Crippen LogP contribution in [-0.2, 0) is 27.7 Å². The number of ether oxygens (including phenoxy) is 2. The number of amides is 2. The molecule has 0 atom stereocenters. The van der Waals surface area contributed by atoms with Crippen LogP contribution in [0.1, 0.15) is 40.4 Å². The Bertz CT molecular complexity index is 1210. The number of anilines is 1. The Morgan fingerprint density at radius 2 is 1.89 bits per heavy atom. The number of primary amides is 1. The number of pyridine rings is 1. The minimum atomic E-state index is -3.88. The Hall–Kier alpha value is -3.07. The van der Waals surface area contributed by atoms with E-state index in [1.165, 1.54) is 23.7 Å². The topological polar surface area (TPSA) is 162 Å². The van der Waals surface area contributed by atoms with Crippen molar-refractivity contribution >= 4 is 27.5 Å². The van der Waals surface area contributed by atoms with Gasteiger partial charge in [0.05, 0.1) is 37.3 Å². The van der Waals surface area contributed by atoms with Gasteiger partial charge < -0.3 is 25.4 Å². The highest BCUT2D eigenvalue weighted by Gasteiger charge is 2.30. The van der Waals surface area contributed by atoms with E-state index in [1.807, 2.05) is 18.9 Å². The van der Waals surface area contributed by atoms with E-state index >= 15 is 0 Å². The zero-order chi connectivity index (χ0) is 26.5. The molecule has 3 N–H and O–H groups in total. The maximum atomic E-state index is 13.4. The third-order valence-corrected chi connectivity index (χ3v) is 7.69. The number of sulfonamides is 1. The molecule has 0 saturated carbocycles. The van der Waals surface area contributed by atoms with Crippen LogP contribution in [0.25, 0.3) is 0 Å². The SMILES string of the molecule is CCOc1ncc(S(=O)(=O)N2CCN(C)CC2)cc1C(=O)Nc1c(C(N)=O)nn(CCOC)c1CC. The third kappa shape index (κ3) is 5.83. The van der Waals surface area contributed by atoms with Gasteiger partial charge in [-0.2, -0.15) is 9.40 Å². The number of piperazine rings is 1. The summed E-state index contributed by atoms with van der Waals surface area (Å²) in [5, 5.41) is 6.93. The van der Waals surface area contributed by atoms with Crippen molar-refractivity contribution in [1.82, 2.24) is 24.0 Å². The van der Waals surface area contributed by atoms with E-state index in [9.17, 15) is 18.0 Å². The summed E-state index contributed by atoms with van der Waals surface area (Å²) in [5.41, 5.74) is 6.05. The molecular formula is C22H33N7O6S. The lowest BCUT2D eigenvalue weighted by Gasteiger charge is -2.31. The number of carbonyl (C=O) groups excluding carboxylic acids is 2. The Morgan fingerprint density at radius 3 is 2.47 bits per heavy atom. The lowest BCUT2D eigenvalue weighted by molar-refractivity contribution is 0.0994. The fourth-order valence-corrected chi connectivity index (χ4v) is 5.26.